The van der Waals surface area contributed by atoms with Crippen LogP contribution in [0.15, 0.2) is 88.4 Å². The zero-order chi connectivity index (χ0) is 15.4. The van der Waals surface area contributed by atoms with Crippen molar-refractivity contribution in [3.63, 3.8) is 0 Å². The second kappa shape index (κ2) is 6.92. The third-order valence-electron chi connectivity index (χ3n) is 3.18. The average Bonchev–Trinajstić information content (AvgIpc) is 2.58. The van der Waals surface area contributed by atoms with Gasteiger partial charge in [0.05, 0.1) is 4.86 Å². The Kier molecular flexibility index (Phi) is 4.73. The predicted octanol–water partition coefficient (Wildman–Crippen LogP) is 4.45. The monoisotopic (exact) mass is 326 g/mol. The van der Waals surface area contributed by atoms with Gasteiger partial charge in [0.1, 0.15) is 11.5 Å². The zero-order valence-electron chi connectivity index (χ0n) is 11.8. The summed E-state index contributed by atoms with van der Waals surface area (Å²) < 4.78 is 18.2. The van der Waals surface area contributed by atoms with Crippen molar-refractivity contribution in [3.8, 4) is 5.75 Å². The molecule has 1 unspecified atom stereocenters. The number of allylic oxidation sites excluding steroid dienone is 4. The topological polar surface area (TPSA) is 32.3 Å². The summed E-state index contributed by atoms with van der Waals surface area (Å²) in [5.74, 6) is 1.40. The molecule has 3 rings (SSSR count). The van der Waals surface area contributed by atoms with Crippen molar-refractivity contribution in [1.82, 2.24) is 0 Å². The number of benzene rings is 2. The smallest absolute Gasteiger partial charge is 0.158 e. The molecule has 0 spiro atoms. The van der Waals surface area contributed by atoms with E-state index in [2.05, 4.69) is 0 Å². The first-order valence-corrected chi connectivity index (χ1v) is 8.44. The first-order valence-electron chi connectivity index (χ1n) is 6.89. The SMILES string of the molecule is [O-][S+](c1ccccc1)c1ccc(OC2=CC=CCC2=S)cc1. The summed E-state index contributed by atoms with van der Waals surface area (Å²) in [6.45, 7) is 0. The first-order chi connectivity index (χ1) is 10.7. The molecule has 1 aliphatic rings. The maximum Gasteiger partial charge on any atom is 0.158 e. The van der Waals surface area contributed by atoms with Gasteiger partial charge in [0.2, 0.25) is 0 Å². The maximum atomic E-state index is 12.4. The standard InChI is InChI=1S/C18H14O2S2/c19-22(15-6-2-1-3-7-15)16-12-10-14(11-13-16)20-17-8-4-5-9-18(17)21/h1-8,10-13H,9H2. The third-order valence-corrected chi connectivity index (χ3v) is 4.95. The van der Waals surface area contributed by atoms with Gasteiger partial charge in [0.25, 0.3) is 0 Å². The van der Waals surface area contributed by atoms with Gasteiger partial charge >= 0.3 is 0 Å². The minimum absolute atomic E-state index is 0.692. The number of rotatable bonds is 4. The van der Waals surface area contributed by atoms with Crippen LogP contribution in [0.5, 0.6) is 5.75 Å². The molecule has 0 saturated carbocycles. The summed E-state index contributed by atoms with van der Waals surface area (Å²) in [5.41, 5.74) is 0. The van der Waals surface area contributed by atoms with Crippen molar-refractivity contribution in [1.29, 1.82) is 0 Å². The van der Waals surface area contributed by atoms with Crippen molar-refractivity contribution in [2.45, 2.75) is 16.2 Å². The lowest BCUT2D eigenvalue weighted by Crippen LogP contribution is -2.08. The highest BCUT2D eigenvalue weighted by atomic mass is 32.2. The van der Waals surface area contributed by atoms with Crippen LogP contribution in [-0.4, -0.2) is 9.42 Å². The van der Waals surface area contributed by atoms with Crippen molar-refractivity contribution in [2.24, 2.45) is 0 Å². The van der Waals surface area contributed by atoms with Gasteiger partial charge in [-0.05, 0) is 42.5 Å². The predicted molar refractivity (Wildman–Crippen MR) is 92.6 cm³/mol. The van der Waals surface area contributed by atoms with Crippen LogP contribution < -0.4 is 4.74 Å². The van der Waals surface area contributed by atoms with Gasteiger partial charge in [-0.25, -0.2) is 0 Å². The van der Waals surface area contributed by atoms with Gasteiger partial charge in [-0.2, -0.15) is 0 Å². The van der Waals surface area contributed by atoms with Gasteiger partial charge in [-0.1, -0.05) is 42.6 Å². The molecular weight excluding hydrogens is 312 g/mol. The fraction of sp³-hybridized carbons (Fsp3) is 0.0556. The first kappa shape index (κ1) is 15.0. The molecule has 0 saturated heterocycles. The van der Waals surface area contributed by atoms with Crippen LogP contribution in [-0.2, 0) is 11.2 Å². The lowest BCUT2D eigenvalue weighted by atomic mass is 10.1. The van der Waals surface area contributed by atoms with Crippen LogP contribution in [0, 0.1) is 0 Å². The minimum Gasteiger partial charge on any atom is -0.606 e. The largest absolute Gasteiger partial charge is 0.606 e. The Morgan fingerprint density at radius 2 is 1.64 bits per heavy atom. The van der Waals surface area contributed by atoms with E-state index in [9.17, 15) is 4.55 Å². The minimum atomic E-state index is -1.18. The Hall–Kier alpha value is -1.88. The van der Waals surface area contributed by atoms with Gasteiger partial charge in [-0.3, -0.25) is 0 Å². The molecule has 1 atom stereocenters. The molecule has 0 aromatic heterocycles. The number of hydrogen-bond acceptors (Lipinski definition) is 3. The lowest BCUT2D eigenvalue weighted by Gasteiger charge is -2.13. The van der Waals surface area contributed by atoms with Gasteiger partial charge in [0.15, 0.2) is 9.79 Å². The molecule has 22 heavy (non-hydrogen) atoms. The van der Waals surface area contributed by atoms with E-state index in [0.717, 1.165) is 21.1 Å². The van der Waals surface area contributed by atoms with E-state index in [1.165, 1.54) is 0 Å². The van der Waals surface area contributed by atoms with Crippen LogP contribution in [0.25, 0.3) is 0 Å². The fourth-order valence-electron chi connectivity index (χ4n) is 2.05. The molecule has 2 aromatic carbocycles. The molecule has 0 bridgehead atoms. The van der Waals surface area contributed by atoms with Crippen LogP contribution in [0.1, 0.15) is 6.42 Å². The van der Waals surface area contributed by atoms with Crippen LogP contribution >= 0.6 is 12.2 Å². The average molecular weight is 326 g/mol. The summed E-state index contributed by atoms with van der Waals surface area (Å²) >= 11 is 4.09. The van der Waals surface area contributed by atoms with Gasteiger partial charge < -0.3 is 9.29 Å². The highest BCUT2D eigenvalue weighted by Crippen LogP contribution is 2.24. The molecule has 0 fully saturated rings. The van der Waals surface area contributed by atoms with Crippen molar-refractivity contribution in [3.05, 3.63) is 78.6 Å². The highest BCUT2D eigenvalue weighted by Gasteiger charge is 2.15. The van der Waals surface area contributed by atoms with E-state index in [1.54, 1.807) is 0 Å². The molecule has 2 aromatic rings. The molecule has 110 valence electrons. The molecule has 0 N–H and O–H groups in total. The molecule has 2 nitrogen and oxygen atoms in total. The Balaban J connectivity index is 1.74. The third kappa shape index (κ3) is 3.47. The normalized spacial score (nSPS) is 15.3. The van der Waals surface area contributed by atoms with Crippen LogP contribution in [0.2, 0.25) is 0 Å². The van der Waals surface area contributed by atoms with E-state index in [-0.39, 0.29) is 0 Å². The van der Waals surface area contributed by atoms with Crippen molar-refractivity contribution >= 4 is 28.3 Å². The molecule has 0 heterocycles. The maximum absolute atomic E-state index is 12.4. The molecule has 0 aliphatic heterocycles. The van der Waals surface area contributed by atoms with E-state index in [1.807, 2.05) is 72.8 Å². The second-order valence-corrected chi connectivity index (χ2v) is 6.71. The van der Waals surface area contributed by atoms with Crippen LogP contribution in [0.4, 0.5) is 0 Å². The highest BCUT2D eigenvalue weighted by molar-refractivity contribution is 7.91. The van der Waals surface area contributed by atoms with Gasteiger partial charge in [-0.15, -0.1) is 0 Å². The Bertz CT molecular complexity index is 719. The Morgan fingerprint density at radius 1 is 0.955 bits per heavy atom. The molecule has 1 aliphatic carbocycles. The van der Waals surface area contributed by atoms with E-state index in [4.69, 9.17) is 17.0 Å². The molecular formula is C18H14O2S2. The molecule has 4 heteroatoms. The Labute approximate surface area is 138 Å². The molecule has 0 amide bonds. The quantitative estimate of drug-likeness (QED) is 0.615. The number of ether oxygens (including phenoxy) is 1. The summed E-state index contributed by atoms with van der Waals surface area (Å²) in [6, 6.07) is 16.7. The summed E-state index contributed by atoms with van der Waals surface area (Å²) in [6.07, 6.45) is 6.53. The van der Waals surface area contributed by atoms with Crippen molar-refractivity contribution in [2.75, 3.05) is 0 Å². The second-order valence-electron chi connectivity index (χ2n) is 4.74. The molecule has 0 radical (unpaired) electrons. The summed E-state index contributed by atoms with van der Waals surface area (Å²) in [4.78, 5) is 2.33. The van der Waals surface area contributed by atoms with Crippen molar-refractivity contribution < 1.29 is 9.29 Å². The fourth-order valence-corrected chi connectivity index (χ4v) is 3.32. The summed E-state index contributed by atoms with van der Waals surface area (Å²) in [5, 5.41) is 0. The van der Waals surface area contributed by atoms with Crippen LogP contribution in [0.3, 0.4) is 0 Å². The zero-order valence-corrected chi connectivity index (χ0v) is 13.4. The summed E-state index contributed by atoms with van der Waals surface area (Å²) in [7, 11) is 0. The van der Waals surface area contributed by atoms with E-state index < -0.39 is 11.2 Å². The number of thiocarbonyl (C=S) groups is 1. The van der Waals surface area contributed by atoms with Gasteiger partial charge in [0, 0.05) is 17.6 Å². The number of hydrogen-bond donors (Lipinski definition) is 0. The van der Waals surface area contributed by atoms with E-state index in [0.29, 0.717) is 11.5 Å². The lowest BCUT2D eigenvalue weighted by molar-refractivity contribution is 0.453. The van der Waals surface area contributed by atoms with E-state index >= 15 is 0 Å². The Morgan fingerprint density at radius 3 is 2.32 bits per heavy atom.